The molecule has 5 rings (SSSR count). The topological polar surface area (TPSA) is 42.7 Å². The number of hydrogen-bond donors (Lipinski definition) is 1. The van der Waals surface area contributed by atoms with E-state index in [4.69, 9.17) is 28.2 Å². The zero-order chi connectivity index (χ0) is 22.8. The number of nitrogens with zero attached hydrogens (tertiary/aromatic N) is 3. The highest BCUT2D eigenvalue weighted by molar-refractivity contribution is 6.37. The van der Waals surface area contributed by atoms with E-state index in [1.54, 1.807) is 35.3 Å². The summed E-state index contributed by atoms with van der Waals surface area (Å²) in [5, 5.41) is 8.48. The average molecular weight is 481 g/mol. The lowest BCUT2D eigenvalue weighted by Gasteiger charge is -2.30. The van der Waals surface area contributed by atoms with Gasteiger partial charge >= 0.3 is 0 Å². The SMILES string of the molecule is Fc1cccc(Cl)c1-c1c(Cl)cc(-n2cccn2)nc1NC1CCC(c2ccccc2)CC1. The van der Waals surface area contributed by atoms with Crippen LogP contribution in [0.2, 0.25) is 10.0 Å². The smallest absolute Gasteiger partial charge is 0.157 e. The van der Waals surface area contributed by atoms with Crippen LogP contribution < -0.4 is 5.32 Å². The van der Waals surface area contributed by atoms with Gasteiger partial charge in [-0.05, 0) is 55.4 Å². The summed E-state index contributed by atoms with van der Waals surface area (Å²) in [6.07, 6.45) is 7.58. The molecule has 0 unspecified atom stereocenters. The van der Waals surface area contributed by atoms with Crippen molar-refractivity contribution in [1.29, 1.82) is 0 Å². The summed E-state index contributed by atoms with van der Waals surface area (Å²) >= 11 is 13.1. The molecule has 0 aliphatic heterocycles. The summed E-state index contributed by atoms with van der Waals surface area (Å²) in [6.45, 7) is 0. The number of aromatic nitrogens is 3. The van der Waals surface area contributed by atoms with Gasteiger partial charge in [0.15, 0.2) is 5.82 Å². The molecule has 0 spiro atoms. The maximum atomic E-state index is 14.9. The molecule has 2 heterocycles. The van der Waals surface area contributed by atoms with Crippen molar-refractivity contribution < 1.29 is 4.39 Å². The molecule has 7 heteroatoms. The van der Waals surface area contributed by atoms with E-state index in [-0.39, 0.29) is 11.6 Å². The van der Waals surface area contributed by atoms with Gasteiger partial charge in [-0.2, -0.15) is 5.10 Å². The third kappa shape index (κ3) is 4.61. The first kappa shape index (κ1) is 21.9. The molecule has 168 valence electrons. The van der Waals surface area contributed by atoms with E-state index in [1.165, 1.54) is 11.6 Å². The van der Waals surface area contributed by atoms with E-state index < -0.39 is 5.82 Å². The number of benzene rings is 2. The molecular formula is C26H23Cl2FN4. The summed E-state index contributed by atoms with van der Waals surface area (Å²) in [5.41, 5.74) is 2.11. The van der Waals surface area contributed by atoms with Crippen molar-refractivity contribution in [2.45, 2.75) is 37.6 Å². The molecule has 1 aliphatic rings. The fourth-order valence-electron chi connectivity index (χ4n) is 4.59. The van der Waals surface area contributed by atoms with Gasteiger partial charge in [0.2, 0.25) is 0 Å². The van der Waals surface area contributed by atoms with Crippen LogP contribution in [0.1, 0.15) is 37.2 Å². The summed E-state index contributed by atoms with van der Waals surface area (Å²) in [6, 6.07) is 19.0. The van der Waals surface area contributed by atoms with Crippen LogP contribution in [0.5, 0.6) is 0 Å². The summed E-state index contributed by atoms with van der Waals surface area (Å²) < 4.78 is 16.5. The molecule has 0 saturated heterocycles. The number of rotatable bonds is 5. The molecule has 2 aromatic heterocycles. The highest BCUT2D eigenvalue weighted by Crippen LogP contribution is 2.42. The van der Waals surface area contributed by atoms with Crippen LogP contribution in [0.15, 0.2) is 73.1 Å². The summed E-state index contributed by atoms with van der Waals surface area (Å²) in [5.74, 6) is 1.19. The minimum absolute atomic E-state index is 0.200. The van der Waals surface area contributed by atoms with Crippen LogP contribution in [0, 0.1) is 5.82 Å². The molecule has 1 aliphatic carbocycles. The Labute approximate surface area is 202 Å². The normalized spacial score (nSPS) is 18.3. The largest absolute Gasteiger partial charge is 0.367 e. The Hall–Kier alpha value is -2.89. The number of halogens is 3. The van der Waals surface area contributed by atoms with Gasteiger partial charge in [-0.15, -0.1) is 0 Å². The van der Waals surface area contributed by atoms with Crippen LogP contribution >= 0.6 is 23.2 Å². The molecule has 1 N–H and O–H groups in total. The van der Waals surface area contributed by atoms with E-state index in [0.29, 0.717) is 33.2 Å². The predicted octanol–water partition coefficient (Wildman–Crippen LogP) is 7.52. The van der Waals surface area contributed by atoms with Gasteiger partial charge in [0, 0.05) is 35.6 Å². The van der Waals surface area contributed by atoms with Crippen molar-refractivity contribution in [2.75, 3.05) is 5.32 Å². The molecule has 4 nitrogen and oxygen atoms in total. The van der Waals surface area contributed by atoms with E-state index in [1.807, 2.05) is 12.1 Å². The highest BCUT2D eigenvalue weighted by atomic mass is 35.5. The van der Waals surface area contributed by atoms with Gasteiger partial charge in [0.25, 0.3) is 0 Å². The second-order valence-electron chi connectivity index (χ2n) is 8.34. The highest BCUT2D eigenvalue weighted by Gasteiger charge is 2.26. The number of pyridine rings is 1. The van der Waals surface area contributed by atoms with Crippen LogP contribution in [0.4, 0.5) is 10.2 Å². The Bertz CT molecular complexity index is 1220. The maximum absolute atomic E-state index is 14.9. The van der Waals surface area contributed by atoms with Gasteiger partial charge in [-0.3, -0.25) is 0 Å². The van der Waals surface area contributed by atoms with Gasteiger partial charge in [-0.1, -0.05) is 59.6 Å². The van der Waals surface area contributed by atoms with E-state index in [2.05, 4.69) is 34.7 Å². The standard InChI is InChI=1S/C26H23Cl2FN4/c27-20-8-4-9-22(29)24(20)25-21(28)16-23(33-15-5-14-30-33)32-26(25)31-19-12-10-18(11-13-19)17-6-2-1-3-7-17/h1-9,14-16,18-19H,10-13H2,(H,31,32). The quantitative estimate of drug-likeness (QED) is 0.321. The Kier molecular flexibility index (Phi) is 6.34. The van der Waals surface area contributed by atoms with Crippen LogP contribution in [-0.2, 0) is 0 Å². The molecular weight excluding hydrogens is 458 g/mol. The molecule has 0 amide bonds. The minimum atomic E-state index is -0.436. The molecule has 0 radical (unpaired) electrons. The van der Waals surface area contributed by atoms with Gasteiger partial charge in [0.1, 0.15) is 11.6 Å². The molecule has 1 fully saturated rings. The van der Waals surface area contributed by atoms with Gasteiger partial charge < -0.3 is 5.32 Å². The van der Waals surface area contributed by atoms with Gasteiger partial charge in [-0.25, -0.2) is 14.1 Å². The lowest BCUT2D eigenvalue weighted by molar-refractivity contribution is 0.412. The summed E-state index contributed by atoms with van der Waals surface area (Å²) in [4.78, 5) is 4.79. The molecule has 33 heavy (non-hydrogen) atoms. The zero-order valence-corrected chi connectivity index (χ0v) is 19.4. The minimum Gasteiger partial charge on any atom is -0.367 e. The third-order valence-electron chi connectivity index (χ3n) is 6.25. The van der Waals surface area contributed by atoms with E-state index >= 15 is 0 Å². The van der Waals surface area contributed by atoms with Crippen LogP contribution in [0.3, 0.4) is 0 Å². The Balaban J connectivity index is 1.48. The first-order chi connectivity index (χ1) is 16.1. The second kappa shape index (κ2) is 9.54. The number of anilines is 1. The van der Waals surface area contributed by atoms with Crippen molar-refractivity contribution in [3.05, 3.63) is 94.5 Å². The molecule has 2 aromatic carbocycles. The van der Waals surface area contributed by atoms with Crippen molar-refractivity contribution in [3.63, 3.8) is 0 Å². The Morgan fingerprint density at radius 3 is 2.36 bits per heavy atom. The lowest BCUT2D eigenvalue weighted by atomic mass is 9.82. The fourth-order valence-corrected chi connectivity index (χ4v) is 5.13. The number of hydrogen-bond acceptors (Lipinski definition) is 3. The number of nitrogens with one attached hydrogen (secondary N) is 1. The molecule has 0 bridgehead atoms. The van der Waals surface area contributed by atoms with Crippen molar-refractivity contribution in [3.8, 4) is 16.9 Å². The second-order valence-corrected chi connectivity index (χ2v) is 9.15. The lowest BCUT2D eigenvalue weighted by Crippen LogP contribution is -2.26. The van der Waals surface area contributed by atoms with Crippen molar-refractivity contribution >= 4 is 29.0 Å². The monoisotopic (exact) mass is 480 g/mol. The summed E-state index contributed by atoms with van der Waals surface area (Å²) in [7, 11) is 0. The van der Waals surface area contributed by atoms with Crippen molar-refractivity contribution in [1.82, 2.24) is 14.8 Å². The molecule has 4 aromatic rings. The maximum Gasteiger partial charge on any atom is 0.157 e. The Morgan fingerprint density at radius 1 is 0.879 bits per heavy atom. The first-order valence-electron chi connectivity index (χ1n) is 11.1. The van der Waals surface area contributed by atoms with E-state index in [9.17, 15) is 4.39 Å². The van der Waals surface area contributed by atoms with Crippen molar-refractivity contribution in [2.24, 2.45) is 0 Å². The fraction of sp³-hybridized carbons (Fsp3) is 0.231. The first-order valence-corrected chi connectivity index (χ1v) is 11.8. The third-order valence-corrected chi connectivity index (χ3v) is 6.86. The van der Waals surface area contributed by atoms with Crippen LogP contribution in [0.25, 0.3) is 16.9 Å². The van der Waals surface area contributed by atoms with Gasteiger partial charge in [0.05, 0.1) is 10.0 Å². The molecule has 0 atom stereocenters. The molecule has 1 saturated carbocycles. The predicted molar refractivity (Wildman–Crippen MR) is 132 cm³/mol. The Morgan fingerprint density at radius 2 is 1.67 bits per heavy atom. The average Bonchev–Trinajstić information content (AvgIpc) is 3.36. The van der Waals surface area contributed by atoms with E-state index in [0.717, 1.165) is 25.7 Å². The zero-order valence-electron chi connectivity index (χ0n) is 17.9. The van der Waals surface area contributed by atoms with Crippen LogP contribution in [-0.4, -0.2) is 20.8 Å².